The molecule has 0 spiro atoms. The summed E-state index contributed by atoms with van der Waals surface area (Å²) in [6.45, 7) is 30.1. The number of nitrogens with two attached hydrogens (primary N) is 1. The molecule has 18 atom stereocenters. The van der Waals surface area contributed by atoms with Crippen molar-refractivity contribution in [1.82, 2.24) is 37.2 Å². The molecule has 2 saturated heterocycles. The first-order chi connectivity index (χ1) is 61.1. The van der Waals surface area contributed by atoms with Crippen molar-refractivity contribution in [2.45, 2.75) is 383 Å². The quantitative estimate of drug-likeness (QED) is 0.0153. The van der Waals surface area contributed by atoms with Crippen LogP contribution >= 0.6 is 15.6 Å². The van der Waals surface area contributed by atoms with Crippen LogP contribution in [0.4, 0.5) is 0 Å². The van der Waals surface area contributed by atoms with Crippen LogP contribution in [0.25, 0.3) is 0 Å². The summed E-state index contributed by atoms with van der Waals surface area (Å²) < 4.78 is 66.3. The van der Waals surface area contributed by atoms with Gasteiger partial charge in [0.2, 0.25) is 41.4 Å². The molecule has 2 heterocycles. The fourth-order valence-electron chi connectivity index (χ4n) is 14.0. The molecule has 34 nitrogen and oxygen atoms in total. The third-order valence-corrected chi connectivity index (χ3v) is 24.7. The number of carboxylic acid groups (broad SMARTS) is 2. The first-order valence-electron chi connectivity index (χ1n) is 45.4. The second kappa shape index (κ2) is 63.5. The van der Waals surface area contributed by atoms with Crippen LogP contribution in [-0.4, -0.2) is 218 Å². The lowest BCUT2D eigenvalue weighted by molar-refractivity contribution is -0.331. The fourth-order valence-corrected chi connectivity index (χ4v) is 16.1. The second-order valence-corrected chi connectivity index (χ2v) is 37.7. The van der Waals surface area contributed by atoms with E-state index in [9.17, 15) is 92.7 Å². The van der Waals surface area contributed by atoms with Crippen LogP contribution in [0.2, 0.25) is 0 Å². The molecule has 0 aromatic rings. The van der Waals surface area contributed by atoms with Crippen LogP contribution in [0.5, 0.6) is 0 Å². The van der Waals surface area contributed by atoms with Crippen molar-refractivity contribution in [1.29, 1.82) is 0 Å². The zero-order valence-electron chi connectivity index (χ0n) is 80.0. The Bertz CT molecular complexity index is 4070. The molecule has 0 aliphatic carbocycles. The molecule has 2 rings (SSSR count). The molecule has 0 aromatic carbocycles. The van der Waals surface area contributed by atoms with Gasteiger partial charge in [-0.05, 0) is 271 Å². The normalized spacial score (nSPS) is 22.4. The van der Waals surface area contributed by atoms with Crippen molar-refractivity contribution in [2.75, 3.05) is 26.4 Å². The predicted molar refractivity (Wildman–Crippen MR) is 499 cm³/mol. The van der Waals surface area contributed by atoms with E-state index in [1.54, 1.807) is 6.92 Å². The zero-order chi connectivity index (χ0) is 98.0. The molecule has 0 bridgehead atoms. The molecule has 738 valence electrons. The molecule has 17 N–H and O–H groups in total. The number of carbonyl (C=O) groups is 9. The number of hydrogen-bond donors (Lipinski definition) is 16. The maximum atomic E-state index is 14.1. The van der Waals surface area contributed by atoms with Crippen molar-refractivity contribution in [2.24, 2.45) is 5.73 Å². The highest BCUT2D eigenvalue weighted by Gasteiger charge is 2.55. The highest BCUT2D eigenvalue weighted by Crippen LogP contribution is 2.61. The Morgan fingerprint density at radius 3 is 1.17 bits per heavy atom. The number of ether oxygens (including phenoxy) is 4. The van der Waals surface area contributed by atoms with Crippen molar-refractivity contribution in [3.63, 3.8) is 0 Å². The number of unbranched alkanes of at least 4 members (excludes halogenated alkanes) is 1. The van der Waals surface area contributed by atoms with E-state index in [1.165, 1.54) is 75.7 Å². The summed E-state index contributed by atoms with van der Waals surface area (Å²) >= 11 is 0. The van der Waals surface area contributed by atoms with Gasteiger partial charge in [-0.2, -0.15) is 4.31 Å². The number of phosphoric acid groups is 2. The number of aliphatic hydroxyl groups is 4. The molecule has 15 unspecified atom stereocenters. The Morgan fingerprint density at radius 2 is 0.785 bits per heavy atom. The van der Waals surface area contributed by atoms with Gasteiger partial charge < -0.3 is 102 Å². The van der Waals surface area contributed by atoms with Gasteiger partial charge >= 0.3 is 27.6 Å². The summed E-state index contributed by atoms with van der Waals surface area (Å²) in [5, 5.41) is 78.7. The number of nitrogens with one attached hydrogen (secondary N) is 7. The number of carboxylic acids is 2. The highest BCUT2D eigenvalue weighted by molar-refractivity contribution is 7.61. The van der Waals surface area contributed by atoms with Crippen LogP contribution in [0.15, 0.2) is 128 Å². The monoisotopic (exact) mass is 1880 g/mol. The molecule has 7 amide bonds. The summed E-state index contributed by atoms with van der Waals surface area (Å²) in [7, 11) is -11.5. The van der Waals surface area contributed by atoms with E-state index in [1.807, 2.05) is 6.92 Å². The van der Waals surface area contributed by atoms with Crippen molar-refractivity contribution in [3.8, 4) is 0 Å². The van der Waals surface area contributed by atoms with Gasteiger partial charge in [-0.3, -0.25) is 47.4 Å². The van der Waals surface area contributed by atoms with E-state index < -0.39 is 199 Å². The van der Waals surface area contributed by atoms with E-state index >= 15 is 0 Å². The summed E-state index contributed by atoms with van der Waals surface area (Å²) in [5.41, 5.74) is 20.4. The lowest BCUT2D eigenvalue weighted by Crippen LogP contribution is -2.70. The standard InChI is InChI=1S/C94H156N8O26P2/c1-59(2)31-21-32-60(3)33-22-34-61(4)35-23-36-62(5)37-24-38-63(6)39-25-40-64(7)41-26-42-65(8)43-27-44-66(9)45-28-46-67(10)47-29-48-68(11)49-30-50-69(12)54-56-122-129(118,119)128-130(120,121)127-94-82(100-75(18)106)86(85(79(58-104)125-94)126-93-81(99-74(17)105)84(109)83(108)78(57-103)124-93)123-73(16)89(112)96-71(14)88(111)102-77(92(116)117)52-53-80(107)101-76(51-19-20-55-95)90(113)97-70(13)87(110)98-72(15)91(114)115/h31,33,35,37,39,41,43,45,47,49,54,70-73,76-79,81-86,93-94,103-104,108-109H,19-30,32,34,36,38,40,42,44,46,48,50-53,55-58,95H2,1-18H3,(H,96,112)(H,97,113)(H,98,110)(H,99,105)(H,100,106)(H,101,107)(H,102,111)(H,114,115)(H,116,117)(H,118,119)(H,120,121)/b60-33+,61-35+,62-37+,63-39+,64-41+,65-43+,66-45+,67-47+,68-49+,69-54+/t70-,71?,72-,73?,76+,77?,78?,79?,81?,82?,83?,84?,85?,86?,93?,94?/m1/s1. The molecular weight excluding hydrogens is 1720 g/mol. The molecule has 0 aromatic heterocycles. The van der Waals surface area contributed by atoms with Crippen LogP contribution in [0.3, 0.4) is 0 Å². The lowest BCUT2D eigenvalue weighted by atomic mass is 9.94. The Balaban J connectivity index is 2.08. The maximum absolute atomic E-state index is 14.1. The van der Waals surface area contributed by atoms with E-state index in [2.05, 4.69) is 172 Å². The van der Waals surface area contributed by atoms with Gasteiger partial charge in [0.1, 0.15) is 85.0 Å². The van der Waals surface area contributed by atoms with Crippen LogP contribution in [0, 0.1) is 0 Å². The minimum Gasteiger partial charge on any atom is -0.480 e. The lowest BCUT2D eigenvalue weighted by Gasteiger charge is -2.49. The molecule has 36 heteroatoms. The summed E-state index contributed by atoms with van der Waals surface area (Å²) in [6.07, 6.45) is 27.0. The van der Waals surface area contributed by atoms with Crippen LogP contribution < -0.4 is 43.0 Å². The van der Waals surface area contributed by atoms with E-state index in [0.29, 0.717) is 25.7 Å². The van der Waals surface area contributed by atoms with Gasteiger partial charge in [-0.15, -0.1) is 0 Å². The van der Waals surface area contributed by atoms with Gasteiger partial charge in [0.25, 0.3) is 0 Å². The Hall–Kier alpha value is -7.73. The Kier molecular flexibility index (Phi) is 57.8. The smallest absolute Gasteiger partial charge is 0.480 e. The summed E-state index contributed by atoms with van der Waals surface area (Å²) in [5.74, 6) is -9.61. The number of rotatable bonds is 63. The third kappa shape index (κ3) is 50.4. The van der Waals surface area contributed by atoms with Gasteiger partial charge in [-0.25, -0.2) is 13.9 Å². The second-order valence-electron chi connectivity index (χ2n) is 34.7. The van der Waals surface area contributed by atoms with E-state index in [-0.39, 0.29) is 13.0 Å². The summed E-state index contributed by atoms with van der Waals surface area (Å²) in [6, 6.07) is -11.0. The first kappa shape index (κ1) is 118. The molecule has 130 heavy (non-hydrogen) atoms. The van der Waals surface area contributed by atoms with Gasteiger partial charge in [0.15, 0.2) is 12.6 Å². The number of aliphatic hydroxyl groups excluding tert-OH is 4. The predicted octanol–water partition coefficient (Wildman–Crippen LogP) is 12.4. The Labute approximate surface area is 770 Å². The number of amides is 7. The number of phosphoric ester groups is 2. The molecule has 0 saturated carbocycles. The van der Waals surface area contributed by atoms with E-state index in [4.69, 9.17) is 33.7 Å². The van der Waals surface area contributed by atoms with Crippen molar-refractivity contribution in [3.05, 3.63) is 128 Å². The Morgan fingerprint density at radius 1 is 0.408 bits per heavy atom. The number of aliphatic carboxylic acids is 2. The number of hydrogen-bond acceptors (Lipinski definition) is 23. The zero-order valence-corrected chi connectivity index (χ0v) is 81.8. The van der Waals surface area contributed by atoms with Crippen LogP contribution in [-0.2, 0) is 84.6 Å². The van der Waals surface area contributed by atoms with Gasteiger partial charge in [0.05, 0.1) is 19.8 Å². The van der Waals surface area contributed by atoms with E-state index in [0.717, 1.165) is 149 Å². The average molecular weight is 1880 g/mol. The average Bonchev–Trinajstić information content (AvgIpc) is 0.764. The maximum Gasteiger partial charge on any atom is 0.483 e. The fraction of sp³-hybridized carbons (Fsp3) is 0.670. The summed E-state index contributed by atoms with van der Waals surface area (Å²) in [4.78, 5) is 138. The molecule has 0 radical (unpaired) electrons. The topological polar surface area (TPSA) is 524 Å². The van der Waals surface area contributed by atoms with Crippen molar-refractivity contribution < 1.29 is 125 Å². The number of allylic oxidation sites excluding steroid dienone is 21. The molecular formula is C94H156N8O26P2. The highest BCUT2D eigenvalue weighted by atomic mass is 31.3. The third-order valence-electron chi connectivity index (χ3n) is 22.1. The molecule has 2 fully saturated rings. The number of carbonyl (C=O) groups excluding carboxylic acids is 7. The molecule has 2 aliphatic rings. The van der Waals surface area contributed by atoms with Gasteiger partial charge in [-0.1, -0.05) is 128 Å². The van der Waals surface area contributed by atoms with Crippen molar-refractivity contribution >= 4 is 68.9 Å². The minimum atomic E-state index is -5.95. The van der Waals surface area contributed by atoms with Gasteiger partial charge in [0, 0.05) is 20.3 Å². The minimum absolute atomic E-state index is 0.0174. The van der Waals surface area contributed by atoms with Crippen LogP contribution in [0.1, 0.15) is 285 Å². The first-order valence-corrected chi connectivity index (χ1v) is 48.4. The largest absolute Gasteiger partial charge is 0.483 e. The SMILES string of the molecule is CC(=O)NC1C(OC2C(CO)OC(OP(=O)(O)OP(=O)(O)OC/C=C(\C)CC/C=C(\C)CC/C=C(\C)CC/C=C(\C)CC/C=C(\C)CC/C=C(\C)CC/C=C(\C)CC/C=C(\C)CC/C=C(\C)CC/C=C(\C)CCC=C(C)C)C(NC(C)=O)C2OC(C)C(=O)NC(C)C(=O)NC(CCC(=O)N[C@@H](CCCCN)C(=O)N[C@H](C)C(=O)N[C@H](C)C(=O)O)C(=O)O)OC(CO)C(O)C1O. The molecule has 2 aliphatic heterocycles.